The summed E-state index contributed by atoms with van der Waals surface area (Å²) in [5.41, 5.74) is 0. The van der Waals surface area contributed by atoms with Crippen molar-refractivity contribution in [1.29, 1.82) is 0 Å². The van der Waals surface area contributed by atoms with Crippen LogP contribution in [0, 0.1) is 0 Å². The van der Waals surface area contributed by atoms with E-state index in [4.69, 9.17) is 0 Å². The van der Waals surface area contributed by atoms with Gasteiger partial charge in [0.25, 0.3) is 0 Å². The van der Waals surface area contributed by atoms with Crippen molar-refractivity contribution in [3.63, 3.8) is 0 Å². The molecule has 0 aromatic heterocycles. The minimum absolute atomic E-state index is 0. The van der Waals surface area contributed by atoms with Gasteiger partial charge < -0.3 is 1.43 Å². The fourth-order valence-corrected chi connectivity index (χ4v) is 3.52. The second-order valence-corrected chi connectivity index (χ2v) is 8.85. The summed E-state index contributed by atoms with van der Waals surface area (Å²) in [5, 5.41) is 4.67. The molecule has 0 aliphatic rings. The van der Waals surface area contributed by atoms with Gasteiger partial charge in [0.2, 0.25) is 0 Å². The zero-order valence-electron chi connectivity index (χ0n) is 9.66. The molecule has 0 aromatic rings. The van der Waals surface area contributed by atoms with Gasteiger partial charge in [0.15, 0.2) is 0 Å². The van der Waals surface area contributed by atoms with E-state index in [0.717, 1.165) is 0 Å². The average Bonchev–Trinajstić information content (AvgIpc) is 2.06. The molecular weight excluding hydrogens is 239 g/mol. The second-order valence-electron chi connectivity index (χ2n) is 2.91. The molecule has 0 nitrogen and oxygen atoms in total. The molecule has 0 radical (unpaired) electrons. The maximum Gasteiger partial charge on any atom is -1.00 e. The van der Waals surface area contributed by atoms with Crippen molar-refractivity contribution in [2.75, 3.05) is 0 Å². The maximum atomic E-state index is 2.29. The summed E-state index contributed by atoms with van der Waals surface area (Å²) in [5.74, 6) is 0. The van der Waals surface area contributed by atoms with E-state index in [2.05, 4.69) is 20.8 Å². The molecule has 0 saturated carbocycles. The summed E-state index contributed by atoms with van der Waals surface area (Å²) in [6.07, 6.45) is 4.26. The van der Waals surface area contributed by atoms with E-state index in [9.17, 15) is 0 Å². The van der Waals surface area contributed by atoms with Crippen LogP contribution in [0.2, 0.25) is 15.0 Å². The SMILES string of the molecule is CC[CH2][Zn+].CC[CH2][Zn][CH2]CC.[H-]. The van der Waals surface area contributed by atoms with Crippen molar-refractivity contribution in [3.8, 4) is 0 Å². The Hall–Kier alpha value is 1.25. The Morgan fingerprint density at radius 2 is 1.36 bits per heavy atom. The summed E-state index contributed by atoms with van der Waals surface area (Å²) in [7, 11) is 0. The monoisotopic (exact) mass is 258 g/mol. The van der Waals surface area contributed by atoms with Gasteiger partial charge >= 0.3 is 90.5 Å². The molecule has 0 unspecified atom stereocenters. The van der Waals surface area contributed by atoms with Crippen LogP contribution in [-0.2, 0) is 35.4 Å². The normalized spacial score (nSPS) is 8.09. The van der Waals surface area contributed by atoms with Crippen molar-refractivity contribution in [3.05, 3.63) is 0 Å². The zero-order valence-corrected chi connectivity index (χ0v) is 14.6. The Bertz CT molecular complexity index is 45.8. The van der Waals surface area contributed by atoms with Gasteiger partial charge in [-0.25, -0.2) is 0 Å². The van der Waals surface area contributed by atoms with E-state index < -0.39 is 0 Å². The fourth-order valence-electron chi connectivity index (χ4n) is 0.677. The average molecular weight is 261 g/mol. The van der Waals surface area contributed by atoms with E-state index in [1.54, 1.807) is 10.0 Å². The Balaban J connectivity index is -0.000000142. The third-order valence-corrected chi connectivity index (χ3v) is 8.11. The topological polar surface area (TPSA) is 0 Å². The van der Waals surface area contributed by atoms with Gasteiger partial charge in [0.1, 0.15) is 0 Å². The summed E-state index contributed by atoms with van der Waals surface area (Å²) in [6.45, 7) is 6.80. The van der Waals surface area contributed by atoms with Crippen LogP contribution < -0.4 is 0 Å². The van der Waals surface area contributed by atoms with Gasteiger partial charge in [-0.3, -0.25) is 0 Å². The van der Waals surface area contributed by atoms with Crippen LogP contribution >= 0.6 is 0 Å². The minimum Gasteiger partial charge on any atom is -1.00 e. The smallest absolute Gasteiger partial charge is 1.00 e. The van der Waals surface area contributed by atoms with Gasteiger partial charge in [-0.05, 0) is 0 Å². The first-order valence-electron chi connectivity index (χ1n) is 5.12. The number of hydrogen-bond acceptors (Lipinski definition) is 0. The van der Waals surface area contributed by atoms with Gasteiger partial charge in [0.05, 0.1) is 0 Å². The molecule has 11 heavy (non-hydrogen) atoms. The minimum atomic E-state index is 0. The predicted molar refractivity (Wildman–Crippen MR) is 46.4 cm³/mol. The van der Waals surface area contributed by atoms with Crippen LogP contribution in [0.4, 0.5) is 0 Å². The van der Waals surface area contributed by atoms with Crippen LogP contribution in [0.25, 0.3) is 0 Å². The van der Waals surface area contributed by atoms with E-state index in [-0.39, 0.29) is 18.6 Å². The molecule has 0 fully saturated rings. The third-order valence-electron chi connectivity index (χ3n) is 1.56. The Labute approximate surface area is 91.7 Å². The molecule has 0 heterocycles. The summed E-state index contributed by atoms with van der Waals surface area (Å²) in [4.78, 5) is 0. The van der Waals surface area contributed by atoms with E-state index in [1.807, 2.05) is 0 Å². The molecule has 0 aliphatic heterocycles. The van der Waals surface area contributed by atoms with Gasteiger partial charge in [0, 0.05) is 0 Å². The predicted octanol–water partition coefficient (Wildman–Crippen LogP) is 4.20. The van der Waals surface area contributed by atoms with E-state index in [0.29, 0.717) is 0 Å². The summed E-state index contributed by atoms with van der Waals surface area (Å²) >= 11 is 1.52. The van der Waals surface area contributed by atoms with Crippen molar-refractivity contribution in [1.82, 2.24) is 0 Å². The molecule has 0 aromatic carbocycles. The van der Waals surface area contributed by atoms with Crippen molar-refractivity contribution in [2.45, 2.75) is 55.1 Å². The largest absolute Gasteiger partial charge is 1.00 e. The summed E-state index contributed by atoms with van der Waals surface area (Å²) < 4.78 is 0. The molecule has 62 valence electrons. The number of rotatable bonds is 5. The van der Waals surface area contributed by atoms with Crippen molar-refractivity contribution >= 4 is 0 Å². The Morgan fingerprint density at radius 3 is 1.55 bits per heavy atom. The molecule has 0 rings (SSSR count). The fraction of sp³-hybridized carbons (Fsp3) is 1.00. The Morgan fingerprint density at radius 1 is 1.00 bits per heavy atom. The molecule has 0 N–H and O–H groups in total. The zero-order chi connectivity index (χ0) is 8.95. The number of hydrogen-bond donors (Lipinski definition) is 0. The first-order valence-corrected chi connectivity index (χ1v) is 11.4. The first kappa shape index (κ1) is 14.8. The molecule has 0 amide bonds. The van der Waals surface area contributed by atoms with Gasteiger partial charge in [-0.2, -0.15) is 0 Å². The second kappa shape index (κ2) is 17.4. The standard InChI is InChI=1S/3C3H7.2Zn.H/c3*1-3-2;;;/h3*1,3H2,2H3;;;/q;;;;+1;-1. The van der Waals surface area contributed by atoms with E-state index in [1.165, 1.54) is 42.6 Å². The molecule has 0 bridgehead atoms. The third kappa shape index (κ3) is 24.6. The molecular formula is C9H22Zn2. The molecule has 0 saturated heterocycles. The van der Waals surface area contributed by atoms with Crippen LogP contribution in [0.3, 0.4) is 0 Å². The van der Waals surface area contributed by atoms with E-state index >= 15 is 0 Å². The molecule has 0 spiro atoms. The molecule has 2 heteroatoms. The molecule has 0 atom stereocenters. The van der Waals surface area contributed by atoms with Gasteiger partial charge in [-0.15, -0.1) is 0 Å². The maximum absolute atomic E-state index is 2.29. The Kier molecular flexibility index (Phi) is 23.3. The van der Waals surface area contributed by atoms with Crippen LogP contribution in [0.1, 0.15) is 41.5 Å². The van der Waals surface area contributed by atoms with Crippen LogP contribution in [0.5, 0.6) is 0 Å². The van der Waals surface area contributed by atoms with Crippen molar-refractivity contribution < 1.29 is 36.9 Å². The molecule has 0 aliphatic carbocycles. The van der Waals surface area contributed by atoms with Crippen LogP contribution in [-0.4, -0.2) is 0 Å². The summed E-state index contributed by atoms with van der Waals surface area (Å²) in [6, 6.07) is 0. The van der Waals surface area contributed by atoms with Crippen LogP contribution in [0.15, 0.2) is 0 Å². The van der Waals surface area contributed by atoms with Crippen molar-refractivity contribution in [2.24, 2.45) is 0 Å². The van der Waals surface area contributed by atoms with Gasteiger partial charge in [-0.1, -0.05) is 0 Å². The quantitative estimate of drug-likeness (QED) is 0.514. The first-order chi connectivity index (χ1) is 5.33.